The molecule has 1 fully saturated rings. The van der Waals surface area contributed by atoms with Crippen LogP contribution < -0.4 is 0 Å². The summed E-state index contributed by atoms with van der Waals surface area (Å²) in [5.74, 6) is -2.80. The minimum atomic E-state index is -1.70. The number of hydrogen-bond acceptors (Lipinski definition) is 8. The highest BCUT2D eigenvalue weighted by Gasteiger charge is 2.87. The maximum atomic E-state index is 14.9. The Kier molecular flexibility index (Phi) is 9.25. The van der Waals surface area contributed by atoms with Crippen molar-refractivity contribution in [1.29, 1.82) is 0 Å². The Labute approximate surface area is 282 Å². The van der Waals surface area contributed by atoms with E-state index in [0.717, 1.165) is 11.1 Å². The predicted octanol–water partition coefficient (Wildman–Crippen LogP) is 6.93. The van der Waals surface area contributed by atoms with E-state index in [1.807, 2.05) is 60.7 Å². The molecule has 0 radical (unpaired) electrons. The van der Waals surface area contributed by atoms with Crippen molar-refractivity contribution >= 4 is 24.1 Å². The maximum Gasteiger partial charge on any atom is 0.414 e. The molecule has 2 aromatic rings. The minimum absolute atomic E-state index is 0.0223. The number of benzene rings is 2. The van der Waals surface area contributed by atoms with Crippen LogP contribution in [0.4, 0.5) is 9.59 Å². The number of nitrogens with zero attached hydrogens (tertiary/aromatic N) is 2. The Morgan fingerprint density at radius 1 is 0.604 bits per heavy atom. The van der Waals surface area contributed by atoms with E-state index in [9.17, 15) is 19.2 Å². The van der Waals surface area contributed by atoms with Crippen LogP contribution in [0, 0.1) is 10.8 Å². The van der Waals surface area contributed by atoms with Gasteiger partial charge in [-0.3, -0.25) is 19.4 Å². The topological polar surface area (TPSA) is 112 Å². The zero-order chi connectivity index (χ0) is 35.1. The van der Waals surface area contributed by atoms with E-state index in [2.05, 4.69) is 0 Å². The van der Waals surface area contributed by atoms with Crippen LogP contribution in [-0.2, 0) is 28.5 Å². The van der Waals surface area contributed by atoms with Crippen molar-refractivity contribution in [3.8, 4) is 0 Å². The Morgan fingerprint density at radius 2 is 0.938 bits per heavy atom. The summed E-state index contributed by atoms with van der Waals surface area (Å²) in [6, 6.07) is 16.3. The summed E-state index contributed by atoms with van der Waals surface area (Å²) in [5, 5.41) is 0. The van der Waals surface area contributed by atoms with Gasteiger partial charge in [0.25, 0.3) is 0 Å². The normalized spacial score (nSPS) is 27.6. The summed E-state index contributed by atoms with van der Waals surface area (Å²) in [5.41, 5.74) is -3.73. The van der Waals surface area contributed by atoms with Gasteiger partial charge < -0.3 is 18.9 Å². The molecule has 6 atom stereocenters. The third-order valence-electron chi connectivity index (χ3n) is 9.06. The van der Waals surface area contributed by atoms with Gasteiger partial charge in [0, 0.05) is 24.2 Å². The average molecular weight is 659 g/mol. The van der Waals surface area contributed by atoms with Crippen molar-refractivity contribution in [1.82, 2.24) is 9.80 Å². The van der Waals surface area contributed by atoms with Gasteiger partial charge in [0.2, 0.25) is 0 Å². The second kappa shape index (κ2) is 12.8. The van der Waals surface area contributed by atoms with Gasteiger partial charge in [0.05, 0.1) is 25.3 Å². The van der Waals surface area contributed by atoms with Crippen molar-refractivity contribution in [2.75, 3.05) is 13.2 Å². The first-order valence-electron chi connectivity index (χ1n) is 16.5. The molecule has 48 heavy (non-hydrogen) atoms. The van der Waals surface area contributed by atoms with E-state index in [1.54, 1.807) is 79.9 Å². The van der Waals surface area contributed by atoms with E-state index < -0.39 is 70.1 Å². The molecule has 10 nitrogen and oxygen atoms in total. The summed E-state index contributed by atoms with van der Waals surface area (Å²) >= 11 is 0. The monoisotopic (exact) mass is 658 g/mol. The molecule has 2 aromatic carbocycles. The molecule has 0 spiro atoms. The van der Waals surface area contributed by atoms with Crippen LogP contribution in [0.25, 0.3) is 0 Å². The maximum absolute atomic E-state index is 14.9. The van der Waals surface area contributed by atoms with Crippen LogP contribution in [0.3, 0.4) is 0 Å². The molecule has 2 amide bonds. The first-order chi connectivity index (χ1) is 22.6. The number of fused-ring (bicyclic) bond motifs is 4. The van der Waals surface area contributed by atoms with Gasteiger partial charge in [-0.15, -0.1) is 0 Å². The molecule has 3 aliphatic rings. The molecule has 0 saturated heterocycles. The molecule has 0 aromatic heterocycles. The number of hydrogen-bond donors (Lipinski definition) is 0. The summed E-state index contributed by atoms with van der Waals surface area (Å²) in [6.07, 6.45) is 5.18. The van der Waals surface area contributed by atoms with Crippen molar-refractivity contribution in [3.63, 3.8) is 0 Å². The summed E-state index contributed by atoms with van der Waals surface area (Å²) in [7, 11) is 0. The van der Waals surface area contributed by atoms with Crippen LogP contribution >= 0.6 is 0 Å². The highest BCUT2D eigenvalue weighted by molar-refractivity contribution is 5.96. The van der Waals surface area contributed by atoms with Gasteiger partial charge in [-0.05, 0) is 66.5 Å². The van der Waals surface area contributed by atoms with Gasteiger partial charge in [-0.25, -0.2) is 9.59 Å². The van der Waals surface area contributed by atoms with E-state index >= 15 is 0 Å². The van der Waals surface area contributed by atoms with Crippen molar-refractivity contribution < 1.29 is 38.1 Å². The zero-order valence-electron chi connectivity index (χ0n) is 29.0. The Bertz CT molecular complexity index is 1460. The molecular formula is C38H46N2O8. The second-order valence-electron chi connectivity index (χ2n) is 14.3. The lowest BCUT2D eigenvalue weighted by Crippen LogP contribution is -2.88. The smallest absolute Gasteiger partial charge is 0.414 e. The zero-order valence-corrected chi connectivity index (χ0v) is 29.0. The summed E-state index contributed by atoms with van der Waals surface area (Å²) in [6.45, 7) is 13.9. The lowest BCUT2D eigenvalue weighted by molar-refractivity contribution is -0.241. The lowest BCUT2D eigenvalue weighted by Gasteiger charge is -2.73. The molecule has 4 unspecified atom stereocenters. The number of carbonyl (C=O) groups excluding carboxylic acids is 4. The SMILES string of the molecule is CCOC(=O)C12C(N(C(=O)OC(C)(C)C)C=C[C@@H]1c1ccccc1)C1(C(=O)OCC)C2N(C(=O)OC(C)(C)C)C=C[C@H]1c1ccccc1. The predicted molar refractivity (Wildman–Crippen MR) is 178 cm³/mol. The standard InChI is InChI=1S/C38H46N2O8/c1-9-45-31(41)37-27(25-17-13-11-14-18-25)21-23-39(33(43)47-35(3,4)5)29(37)38(32(42)46-10-2)28(26-19-15-12-16-20-26)22-24-40(30(37)38)34(44)48-36(6,7)8/h11-24,27-30H,9-10H2,1-8H3/t27-,28+,29?,30?,37?,38?. The molecule has 1 aliphatic carbocycles. The molecule has 2 heterocycles. The highest BCUT2D eigenvalue weighted by Crippen LogP contribution is 2.73. The average Bonchev–Trinajstić information content (AvgIpc) is 3.01. The van der Waals surface area contributed by atoms with Crippen LogP contribution in [-0.4, -0.2) is 70.4 Å². The number of allylic oxidation sites excluding steroid dienone is 2. The minimum Gasteiger partial charge on any atom is -0.465 e. The molecule has 1 saturated carbocycles. The number of amides is 2. The highest BCUT2D eigenvalue weighted by atomic mass is 16.6. The quantitative estimate of drug-likeness (QED) is 0.243. The third-order valence-corrected chi connectivity index (χ3v) is 9.06. The first kappa shape index (κ1) is 34.7. The largest absolute Gasteiger partial charge is 0.465 e. The second-order valence-corrected chi connectivity index (χ2v) is 14.3. The molecule has 5 rings (SSSR count). The van der Waals surface area contributed by atoms with Crippen molar-refractivity contribution in [2.45, 2.75) is 90.5 Å². The molecular weight excluding hydrogens is 612 g/mol. The molecule has 0 bridgehead atoms. The lowest BCUT2D eigenvalue weighted by atomic mass is 9.35. The van der Waals surface area contributed by atoms with E-state index in [4.69, 9.17) is 18.9 Å². The summed E-state index contributed by atoms with van der Waals surface area (Å²) in [4.78, 5) is 60.9. The number of ether oxygens (including phenoxy) is 4. The molecule has 256 valence electrons. The molecule has 0 N–H and O–H groups in total. The summed E-state index contributed by atoms with van der Waals surface area (Å²) < 4.78 is 23.6. The third kappa shape index (κ3) is 5.65. The Morgan fingerprint density at radius 3 is 1.23 bits per heavy atom. The number of carbonyl (C=O) groups is 4. The van der Waals surface area contributed by atoms with Crippen LogP contribution in [0.1, 0.15) is 78.4 Å². The molecule has 2 aliphatic heterocycles. The van der Waals surface area contributed by atoms with Crippen LogP contribution in [0.2, 0.25) is 0 Å². The number of rotatable bonds is 6. The van der Waals surface area contributed by atoms with Gasteiger partial charge >= 0.3 is 24.1 Å². The van der Waals surface area contributed by atoms with Gasteiger partial charge in [-0.1, -0.05) is 72.8 Å². The van der Waals surface area contributed by atoms with E-state index in [-0.39, 0.29) is 13.2 Å². The van der Waals surface area contributed by atoms with Gasteiger partial charge in [0.1, 0.15) is 22.0 Å². The van der Waals surface area contributed by atoms with E-state index in [1.165, 1.54) is 9.80 Å². The van der Waals surface area contributed by atoms with E-state index in [0.29, 0.717) is 0 Å². The molecule has 10 heteroatoms. The number of esters is 2. The van der Waals surface area contributed by atoms with Crippen molar-refractivity contribution in [2.24, 2.45) is 10.8 Å². The van der Waals surface area contributed by atoms with Crippen LogP contribution in [0.5, 0.6) is 0 Å². The van der Waals surface area contributed by atoms with Crippen LogP contribution in [0.15, 0.2) is 85.2 Å². The van der Waals surface area contributed by atoms with Crippen molar-refractivity contribution in [3.05, 3.63) is 96.3 Å². The fourth-order valence-corrected chi connectivity index (χ4v) is 7.71. The Hall–Kier alpha value is -4.60. The van der Waals surface area contributed by atoms with Gasteiger partial charge in [0.15, 0.2) is 0 Å². The first-order valence-corrected chi connectivity index (χ1v) is 16.5. The fourth-order valence-electron chi connectivity index (χ4n) is 7.71. The van der Waals surface area contributed by atoms with Gasteiger partial charge in [-0.2, -0.15) is 0 Å². The Balaban J connectivity index is 1.91. The fraction of sp³-hybridized carbons (Fsp3) is 0.474.